The molecule has 2 fully saturated rings. The molecule has 9 rings (SSSR count). The summed E-state index contributed by atoms with van der Waals surface area (Å²) in [4.78, 5) is 39.2. The summed E-state index contributed by atoms with van der Waals surface area (Å²) in [6.07, 6.45) is 0.139. The Morgan fingerprint density at radius 3 is 1.51 bits per heavy atom. The van der Waals surface area contributed by atoms with Crippen LogP contribution in [0.1, 0.15) is 59.9 Å². The van der Waals surface area contributed by atoms with Gasteiger partial charge in [-0.3, -0.25) is 9.59 Å². The average Bonchev–Trinajstić information content (AvgIpc) is 3.72. The summed E-state index contributed by atoms with van der Waals surface area (Å²) in [5.41, 5.74) is 6.79. The molecule has 0 spiro atoms. The van der Waals surface area contributed by atoms with Crippen LogP contribution in [0.15, 0.2) is 140 Å². The van der Waals surface area contributed by atoms with E-state index in [4.69, 9.17) is 28.4 Å². The predicted molar refractivity (Wildman–Crippen MR) is 273 cm³/mol. The van der Waals surface area contributed by atoms with Crippen molar-refractivity contribution < 1.29 is 38.0 Å². The molecule has 12 nitrogen and oxygen atoms in total. The molecule has 1 aliphatic carbocycles. The number of rotatable bonds is 18. The van der Waals surface area contributed by atoms with Crippen LogP contribution < -0.4 is 38.2 Å². The summed E-state index contributed by atoms with van der Waals surface area (Å²) in [6, 6.07) is 46.2. The van der Waals surface area contributed by atoms with Gasteiger partial charge in [0.05, 0.1) is 44.7 Å². The number of carbonyl (C=O) groups excluding carboxylic acids is 2. The van der Waals surface area contributed by atoms with E-state index in [1.165, 1.54) is 0 Å². The van der Waals surface area contributed by atoms with Crippen LogP contribution in [-0.4, -0.2) is 101 Å². The van der Waals surface area contributed by atoms with Gasteiger partial charge in [-0.25, -0.2) is 0 Å². The lowest BCUT2D eigenvalue weighted by atomic mass is 9.79. The standard InChI is InChI=1S/C58H64N4O8/c1-5-67-49-23-15-13-21-47(49)59-27-31-61(32-28-59)55(63)38-46-44-36-53(66-4)54(70-40-42-19-11-8-12-20-42)37-45(44)56(43-25-26-51(52(35-43)65-3)69-39-41-17-9-7-10-18-41)57(46)58(64)62-33-29-60(30-34-62)48-22-14-16-24-50(48)68-6-2/h7-26,35-37,46,56-57H,5-6,27-34,38-40H2,1-4H3. The molecule has 2 amide bonds. The van der Waals surface area contributed by atoms with Gasteiger partial charge in [-0.1, -0.05) is 91.0 Å². The summed E-state index contributed by atoms with van der Waals surface area (Å²) in [5, 5.41) is 0. The second-order valence-corrected chi connectivity index (χ2v) is 17.9. The number of hydrogen-bond acceptors (Lipinski definition) is 10. The zero-order valence-corrected chi connectivity index (χ0v) is 40.8. The Kier molecular flexibility index (Phi) is 15.3. The summed E-state index contributed by atoms with van der Waals surface area (Å²) in [7, 11) is 3.28. The highest BCUT2D eigenvalue weighted by atomic mass is 16.5. The highest BCUT2D eigenvalue weighted by Crippen LogP contribution is 2.55. The Morgan fingerprint density at radius 2 is 0.971 bits per heavy atom. The van der Waals surface area contributed by atoms with E-state index in [9.17, 15) is 4.79 Å². The lowest BCUT2D eigenvalue weighted by Crippen LogP contribution is -2.52. The number of methoxy groups -OCH3 is 2. The highest BCUT2D eigenvalue weighted by molar-refractivity contribution is 5.87. The van der Waals surface area contributed by atoms with Crippen molar-refractivity contribution in [2.24, 2.45) is 5.92 Å². The molecule has 0 bridgehead atoms. The van der Waals surface area contributed by atoms with Crippen molar-refractivity contribution in [2.75, 3.05) is 89.6 Å². The molecule has 6 aromatic carbocycles. The van der Waals surface area contributed by atoms with Gasteiger partial charge in [-0.2, -0.15) is 0 Å². The van der Waals surface area contributed by atoms with Crippen molar-refractivity contribution >= 4 is 23.2 Å². The van der Waals surface area contributed by atoms with Gasteiger partial charge < -0.3 is 48.0 Å². The van der Waals surface area contributed by atoms with Crippen LogP contribution in [0.2, 0.25) is 0 Å². The van der Waals surface area contributed by atoms with E-state index in [0.29, 0.717) is 102 Å². The van der Waals surface area contributed by atoms with Gasteiger partial charge in [-0.05, 0) is 90.2 Å². The summed E-state index contributed by atoms with van der Waals surface area (Å²) >= 11 is 0. The van der Waals surface area contributed by atoms with E-state index in [1.807, 2.05) is 151 Å². The van der Waals surface area contributed by atoms with Crippen molar-refractivity contribution in [1.29, 1.82) is 0 Å². The SMILES string of the molecule is CCOc1ccccc1N1CCN(C(=O)CC2c3cc(OC)c(OCc4ccccc4)cc3C(c3ccc(OCc4ccccc4)c(OC)c3)C2C(=O)N2CCN(c3ccccc3OCC)CC2)CC1. The molecule has 0 radical (unpaired) electrons. The fourth-order valence-electron chi connectivity index (χ4n) is 10.4. The van der Waals surface area contributed by atoms with Gasteiger partial charge in [0.15, 0.2) is 23.0 Å². The molecule has 2 heterocycles. The molecular formula is C58H64N4O8. The number of para-hydroxylation sites is 4. The van der Waals surface area contributed by atoms with Gasteiger partial charge in [0.25, 0.3) is 0 Å². The second kappa shape index (κ2) is 22.4. The molecule has 70 heavy (non-hydrogen) atoms. The first-order chi connectivity index (χ1) is 34.4. The quantitative estimate of drug-likeness (QED) is 0.0829. The lowest BCUT2D eigenvalue weighted by Gasteiger charge is -2.40. The summed E-state index contributed by atoms with van der Waals surface area (Å²) in [5.74, 6) is 2.35. The van der Waals surface area contributed by atoms with Gasteiger partial charge in [-0.15, -0.1) is 0 Å². The molecule has 3 aliphatic rings. The molecule has 3 atom stereocenters. The third-order valence-electron chi connectivity index (χ3n) is 13.8. The highest BCUT2D eigenvalue weighted by Gasteiger charge is 2.49. The van der Waals surface area contributed by atoms with E-state index in [1.54, 1.807) is 14.2 Å². The van der Waals surface area contributed by atoms with Crippen LogP contribution in [0, 0.1) is 5.92 Å². The predicted octanol–water partition coefficient (Wildman–Crippen LogP) is 9.59. The first-order valence-corrected chi connectivity index (χ1v) is 24.6. The van der Waals surface area contributed by atoms with Crippen LogP contribution >= 0.6 is 0 Å². The van der Waals surface area contributed by atoms with E-state index >= 15 is 4.79 Å². The number of benzene rings is 6. The van der Waals surface area contributed by atoms with Crippen LogP contribution in [0.5, 0.6) is 34.5 Å². The van der Waals surface area contributed by atoms with Crippen molar-refractivity contribution in [3.8, 4) is 34.5 Å². The molecule has 3 unspecified atom stereocenters. The maximum atomic E-state index is 15.8. The van der Waals surface area contributed by atoms with Gasteiger partial charge in [0.2, 0.25) is 11.8 Å². The van der Waals surface area contributed by atoms with Gasteiger partial charge >= 0.3 is 0 Å². The molecule has 2 saturated heterocycles. The van der Waals surface area contributed by atoms with Crippen LogP contribution in [0.4, 0.5) is 11.4 Å². The number of piperazine rings is 2. The Hall–Kier alpha value is -7.34. The Bertz CT molecular complexity index is 2700. The maximum absolute atomic E-state index is 15.8. The van der Waals surface area contributed by atoms with Crippen molar-refractivity contribution in [2.45, 2.75) is 45.3 Å². The topological polar surface area (TPSA) is 102 Å². The van der Waals surface area contributed by atoms with Crippen molar-refractivity contribution in [3.05, 3.63) is 167 Å². The zero-order chi connectivity index (χ0) is 48.4. The Labute approximate surface area is 412 Å². The minimum Gasteiger partial charge on any atom is -0.493 e. The second-order valence-electron chi connectivity index (χ2n) is 17.9. The van der Waals surface area contributed by atoms with E-state index in [-0.39, 0.29) is 18.2 Å². The number of amides is 2. The Morgan fingerprint density at radius 1 is 0.486 bits per heavy atom. The number of carbonyl (C=O) groups is 2. The van der Waals surface area contributed by atoms with Crippen molar-refractivity contribution in [1.82, 2.24) is 9.80 Å². The average molecular weight is 945 g/mol. The van der Waals surface area contributed by atoms with Crippen LogP contribution in [0.25, 0.3) is 0 Å². The normalized spacial score (nSPS) is 17.7. The number of ether oxygens (including phenoxy) is 6. The molecule has 0 saturated carbocycles. The molecule has 12 heteroatoms. The maximum Gasteiger partial charge on any atom is 0.227 e. The fourth-order valence-corrected chi connectivity index (χ4v) is 10.4. The lowest BCUT2D eigenvalue weighted by molar-refractivity contribution is -0.138. The number of nitrogens with zero attached hydrogens (tertiary/aromatic N) is 4. The summed E-state index contributed by atoms with van der Waals surface area (Å²) < 4.78 is 37.0. The van der Waals surface area contributed by atoms with Crippen LogP contribution in [0.3, 0.4) is 0 Å². The van der Waals surface area contributed by atoms with E-state index in [0.717, 1.165) is 50.7 Å². The first-order valence-electron chi connectivity index (χ1n) is 24.6. The molecular weight excluding hydrogens is 881 g/mol. The largest absolute Gasteiger partial charge is 0.493 e. The third kappa shape index (κ3) is 10.5. The smallest absolute Gasteiger partial charge is 0.227 e. The minimum atomic E-state index is -0.643. The monoisotopic (exact) mass is 944 g/mol. The Balaban J connectivity index is 1.08. The van der Waals surface area contributed by atoms with Crippen molar-refractivity contribution in [3.63, 3.8) is 0 Å². The molecule has 6 aromatic rings. The van der Waals surface area contributed by atoms with Gasteiger partial charge in [0.1, 0.15) is 24.7 Å². The number of fused-ring (bicyclic) bond motifs is 1. The summed E-state index contributed by atoms with van der Waals surface area (Å²) in [6.45, 7) is 10.5. The minimum absolute atomic E-state index is 0.00295. The number of anilines is 2. The van der Waals surface area contributed by atoms with E-state index in [2.05, 4.69) is 21.9 Å². The number of hydrogen-bond donors (Lipinski definition) is 0. The molecule has 0 aromatic heterocycles. The molecule has 364 valence electrons. The molecule has 0 N–H and O–H groups in total. The van der Waals surface area contributed by atoms with Gasteiger partial charge in [0, 0.05) is 70.6 Å². The first kappa shape index (κ1) is 47.7. The zero-order valence-electron chi connectivity index (χ0n) is 40.8. The fraction of sp³-hybridized carbons (Fsp3) is 0.345. The van der Waals surface area contributed by atoms with E-state index < -0.39 is 17.8 Å². The van der Waals surface area contributed by atoms with Crippen LogP contribution in [-0.2, 0) is 22.8 Å². The third-order valence-corrected chi connectivity index (χ3v) is 13.8. The molecule has 2 aliphatic heterocycles.